The van der Waals surface area contributed by atoms with Gasteiger partial charge in [-0.25, -0.2) is 13.1 Å². The number of hydrogen-bond donors (Lipinski definition) is 2. The van der Waals surface area contributed by atoms with Gasteiger partial charge in [0, 0.05) is 31.7 Å². The summed E-state index contributed by atoms with van der Waals surface area (Å²) >= 11 is 0. The first-order valence-corrected chi connectivity index (χ1v) is 10.8. The Morgan fingerprint density at radius 3 is 2.50 bits per heavy atom. The molecule has 2 aromatic rings. The van der Waals surface area contributed by atoms with E-state index in [0.717, 1.165) is 24.4 Å². The minimum absolute atomic E-state index is 0.0405. The monoisotopic (exact) mass is 408 g/mol. The van der Waals surface area contributed by atoms with Crippen molar-refractivity contribution in [1.29, 1.82) is 0 Å². The number of ether oxygens (including phenoxy) is 1. The van der Waals surface area contributed by atoms with Gasteiger partial charge in [-0.3, -0.25) is 9.48 Å². The van der Waals surface area contributed by atoms with Crippen molar-refractivity contribution < 1.29 is 17.9 Å². The molecule has 0 aliphatic carbocycles. The molecule has 9 heteroatoms. The lowest BCUT2D eigenvalue weighted by Gasteiger charge is -2.09. The van der Waals surface area contributed by atoms with E-state index in [-0.39, 0.29) is 23.8 Å². The van der Waals surface area contributed by atoms with E-state index in [0.29, 0.717) is 18.9 Å². The highest BCUT2D eigenvalue weighted by Gasteiger charge is 2.14. The van der Waals surface area contributed by atoms with Crippen LogP contribution in [0, 0.1) is 13.8 Å². The molecule has 1 amide bonds. The molecule has 2 N–H and O–H groups in total. The van der Waals surface area contributed by atoms with Crippen molar-refractivity contribution in [3.05, 3.63) is 41.7 Å². The van der Waals surface area contributed by atoms with Gasteiger partial charge in [-0.1, -0.05) is 0 Å². The molecule has 2 rings (SSSR count). The Kier molecular flexibility index (Phi) is 8.01. The molecule has 28 heavy (non-hydrogen) atoms. The molecule has 0 aliphatic heterocycles. The van der Waals surface area contributed by atoms with E-state index in [2.05, 4.69) is 15.1 Å². The number of nitrogens with zero attached hydrogens (tertiary/aromatic N) is 2. The van der Waals surface area contributed by atoms with E-state index in [1.165, 1.54) is 12.1 Å². The van der Waals surface area contributed by atoms with Crippen molar-refractivity contribution >= 4 is 15.9 Å². The number of carbonyl (C=O) groups excluding carboxylic acids is 1. The average Bonchev–Trinajstić information content (AvgIpc) is 2.96. The number of carbonyl (C=O) groups is 1. The largest absolute Gasteiger partial charge is 0.494 e. The Morgan fingerprint density at radius 2 is 1.89 bits per heavy atom. The van der Waals surface area contributed by atoms with Gasteiger partial charge in [-0.05, 0) is 57.5 Å². The van der Waals surface area contributed by atoms with E-state index in [4.69, 9.17) is 4.74 Å². The third kappa shape index (κ3) is 6.65. The number of aryl methyl sites for hydroxylation is 3. The number of sulfonamides is 1. The van der Waals surface area contributed by atoms with E-state index in [1.807, 2.05) is 31.5 Å². The summed E-state index contributed by atoms with van der Waals surface area (Å²) < 4.78 is 34.1. The smallest absolute Gasteiger partial charge is 0.240 e. The molecule has 0 spiro atoms. The Labute approximate surface area is 166 Å². The number of benzene rings is 1. The predicted molar refractivity (Wildman–Crippen MR) is 107 cm³/mol. The van der Waals surface area contributed by atoms with Crippen molar-refractivity contribution in [2.75, 3.05) is 19.7 Å². The molecule has 0 saturated heterocycles. The molecule has 0 aliphatic rings. The minimum atomic E-state index is -3.65. The quantitative estimate of drug-likeness (QED) is 0.552. The molecule has 1 aromatic carbocycles. The molecule has 0 radical (unpaired) electrons. The van der Waals surface area contributed by atoms with Crippen LogP contribution in [0.3, 0.4) is 0 Å². The summed E-state index contributed by atoms with van der Waals surface area (Å²) in [5, 5.41) is 7.16. The fraction of sp³-hybridized carbons (Fsp3) is 0.474. The third-order valence-electron chi connectivity index (χ3n) is 4.06. The van der Waals surface area contributed by atoms with Gasteiger partial charge < -0.3 is 10.1 Å². The van der Waals surface area contributed by atoms with E-state index >= 15 is 0 Å². The van der Waals surface area contributed by atoms with Gasteiger partial charge in [-0.15, -0.1) is 0 Å². The lowest BCUT2D eigenvalue weighted by molar-refractivity contribution is -0.120. The first kappa shape index (κ1) is 21.9. The Balaban J connectivity index is 1.68. The van der Waals surface area contributed by atoms with Crippen molar-refractivity contribution in [2.24, 2.45) is 0 Å². The minimum Gasteiger partial charge on any atom is -0.494 e. The van der Waals surface area contributed by atoms with Crippen LogP contribution in [-0.2, 0) is 21.4 Å². The Bertz CT molecular complexity index is 876. The lowest BCUT2D eigenvalue weighted by atomic mass is 10.3. The van der Waals surface area contributed by atoms with Crippen LogP contribution < -0.4 is 14.8 Å². The lowest BCUT2D eigenvalue weighted by Crippen LogP contribution is -2.31. The Morgan fingerprint density at radius 1 is 1.18 bits per heavy atom. The van der Waals surface area contributed by atoms with Crippen molar-refractivity contribution in [1.82, 2.24) is 19.8 Å². The standard InChI is InChI=1S/C19H28N4O4S/c1-4-27-17-6-8-18(9-7-17)28(25,26)21-12-10-19(24)20-11-5-13-23-16(3)14-15(2)22-23/h6-9,14,21H,4-5,10-13H2,1-3H3,(H,20,24). The maximum absolute atomic E-state index is 12.2. The van der Waals surface area contributed by atoms with Gasteiger partial charge in [-0.2, -0.15) is 5.10 Å². The first-order chi connectivity index (χ1) is 13.3. The van der Waals surface area contributed by atoms with Crippen LogP contribution in [0.2, 0.25) is 0 Å². The first-order valence-electron chi connectivity index (χ1n) is 9.32. The van der Waals surface area contributed by atoms with E-state index in [9.17, 15) is 13.2 Å². The molecule has 1 heterocycles. The normalized spacial score (nSPS) is 11.4. The average molecular weight is 409 g/mol. The van der Waals surface area contributed by atoms with Crippen LogP contribution in [-0.4, -0.2) is 43.8 Å². The molecule has 0 fully saturated rings. The molecule has 0 saturated carbocycles. The fourth-order valence-electron chi connectivity index (χ4n) is 2.71. The van der Waals surface area contributed by atoms with Gasteiger partial charge in [0.15, 0.2) is 0 Å². The third-order valence-corrected chi connectivity index (χ3v) is 5.54. The number of rotatable bonds is 11. The highest BCUT2D eigenvalue weighted by atomic mass is 32.2. The van der Waals surface area contributed by atoms with Gasteiger partial charge in [0.05, 0.1) is 17.2 Å². The molecule has 154 valence electrons. The summed E-state index contributed by atoms with van der Waals surface area (Å²) in [6, 6.07) is 8.18. The zero-order chi connectivity index (χ0) is 20.6. The maximum atomic E-state index is 12.2. The zero-order valence-electron chi connectivity index (χ0n) is 16.6. The highest BCUT2D eigenvalue weighted by molar-refractivity contribution is 7.89. The maximum Gasteiger partial charge on any atom is 0.240 e. The van der Waals surface area contributed by atoms with Gasteiger partial charge in [0.1, 0.15) is 5.75 Å². The molecule has 0 unspecified atom stereocenters. The second kappa shape index (κ2) is 10.2. The van der Waals surface area contributed by atoms with Crippen LogP contribution >= 0.6 is 0 Å². The Hall–Kier alpha value is -2.39. The van der Waals surface area contributed by atoms with Crippen LogP contribution in [0.15, 0.2) is 35.2 Å². The summed E-state index contributed by atoms with van der Waals surface area (Å²) in [7, 11) is -3.65. The van der Waals surface area contributed by atoms with Crippen molar-refractivity contribution in [2.45, 2.75) is 45.1 Å². The second-order valence-corrected chi connectivity index (χ2v) is 8.17. The van der Waals surface area contributed by atoms with Crippen LogP contribution in [0.5, 0.6) is 5.75 Å². The number of nitrogens with one attached hydrogen (secondary N) is 2. The van der Waals surface area contributed by atoms with Crippen LogP contribution in [0.4, 0.5) is 0 Å². The van der Waals surface area contributed by atoms with Crippen LogP contribution in [0.1, 0.15) is 31.2 Å². The zero-order valence-corrected chi connectivity index (χ0v) is 17.4. The second-order valence-electron chi connectivity index (χ2n) is 6.41. The van der Waals surface area contributed by atoms with Crippen molar-refractivity contribution in [3.8, 4) is 5.75 Å². The summed E-state index contributed by atoms with van der Waals surface area (Å²) in [5.41, 5.74) is 2.06. The predicted octanol–water partition coefficient (Wildman–Crippen LogP) is 1.77. The van der Waals surface area contributed by atoms with E-state index in [1.54, 1.807) is 12.1 Å². The molecule has 0 bridgehead atoms. The molecular weight excluding hydrogens is 380 g/mol. The highest BCUT2D eigenvalue weighted by Crippen LogP contribution is 2.15. The van der Waals surface area contributed by atoms with Gasteiger partial charge in [0.2, 0.25) is 15.9 Å². The van der Waals surface area contributed by atoms with Crippen LogP contribution in [0.25, 0.3) is 0 Å². The molecule has 0 atom stereocenters. The summed E-state index contributed by atoms with van der Waals surface area (Å²) in [6.07, 6.45) is 0.835. The summed E-state index contributed by atoms with van der Waals surface area (Å²) in [5.74, 6) is 0.420. The summed E-state index contributed by atoms with van der Waals surface area (Å²) in [4.78, 5) is 12.0. The summed E-state index contributed by atoms with van der Waals surface area (Å²) in [6.45, 7) is 7.60. The van der Waals surface area contributed by atoms with Crippen molar-refractivity contribution in [3.63, 3.8) is 0 Å². The molecular formula is C19H28N4O4S. The fourth-order valence-corrected chi connectivity index (χ4v) is 3.74. The molecule has 8 nitrogen and oxygen atoms in total. The van der Waals surface area contributed by atoms with E-state index < -0.39 is 10.0 Å². The number of amides is 1. The van der Waals surface area contributed by atoms with Gasteiger partial charge >= 0.3 is 0 Å². The SMILES string of the molecule is CCOc1ccc(S(=O)(=O)NCCC(=O)NCCCn2nc(C)cc2C)cc1. The number of aromatic nitrogens is 2. The topological polar surface area (TPSA) is 102 Å². The van der Waals surface area contributed by atoms with Gasteiger partial charge in [0.25, 0.3) is 0 Å². The molecule has 1 aromatic heterocycles. The number of hydrogen-bond acceptors (Lipinski definition) is 5.